The van der Waals surface area contributed by atoms with E-state index in [1.807, 2.05) is 47.4 Å². The molecule has 3 heterocycles. The van der Waals surface area contributed by atoms with Crippen LogP contribution in [0.2, 0.25) is 0 Å². The van der Waals surface area contributed by atoms with Gasteiger partial charge in [-0.3, -0.25) is 4.79 Å². The third-order valence-electron chi connectivity index (χ3n) is 5.67. The van der Waals surface area contributed by atoms with Gasteiger partial charge in [-0.1, -0.05) is 18.2 Å². The number of fused-ring (bicyclic) bond motifs is 2. The number of rotatable bonds is 5. The van der Waals surface area contributed by atoms with Crippen molar-refractivity contribution < 1.29 is 14.3 Å². The first-order valence-corrected chi connectivity index (χ1v) is 10.1. The maximum absolute atomic E-state index is 13.1. The highest BCUT2D eigenvalue weighted by atomic mass is 16.5. The van der Waals surface area contributed by atoms with Crippen LogP contribution < -0.4 is 14.4 Å². The van der Waals surface area contributed by atoms with Gasteiger partial charge in [-0.15, -0.1) is 0 Å². The van der Waals surface area contributed by atoms with E-state index in [1.54, 1.807) is 31.3 Å². The van der Waals surface area contributed by atoms with Gasteiger partial charge in [0, 0.05) is 35.4 Å². The number of amides is 1. The number of pyridine rings is 1. The molecule has 0 atom stereocenters. The quantitative estimate of drug-likeness (QED) is 0.498. The number of methoxy groups -OCH3 is 2. The Hall–Kier alpha value is -3.87. The zero-order valence-corrected chi connectivity index (χ0v) is 17.4. The van der Waals surface area contributed by atoms with Crippen LogP contribution in [0.1, 0.15) is 21.5 Å². The number of anilines is 1. The van der Waals surface area contributed by atoms with E-state index in [0.717, 1.165) is 40.2 Å². The van der Waals surface area contributed by atoms with E-state index in [0.29, 0.717) is 18.7 Å². The smallest absolute Gasteiger partial charge is 0.259 e. The van der Waals surface area contributed by atoms with Crippen LogP contribution in [0.4, 0.5) is 5.69 Å². The highest BCUT2D eigenvalue weighted by Crippen LogP contribution is 2.30. The van der Waals surface area contributed by atoms with E-state index in [-0.39, 0.29) is 5.91 Å². The van der Waals surface area contributed by atoms with Crippen molar-refractivity contribution in [1.82, 2.24) is 14.8 Å². The zero-order valence-electron chi connectivity index (χ0n) is 17.4. The van der Waals surface area contributed by atoms with E-state index in [4.69, 9.17) is 9.47 Å². The number of nitrogens with zero attached hydrogens (tertiary/aromatic N) is 4. The molecule has 4 aromatic rings. The van der Waals surface area contributed by atoms with Gasteiger partial charge in [0.15, 0.2) is 5.65 Å². The van der Waals surface area contributed by atoms with Crippen LogP contribution >= 0.6 is 0 Å². The van der Waals surface area contributed by atoms with Crippen molar-refractivity contribution in [2.75, 3.05) is 25.7 Å². The normalized spacial score (nSPS) is 12.8. The summed E-state index contributed by atoms with van der Waals surface area (Å²) in [6, 6.07) is 15.6. The molecular formula is C24H22N4O3. The van der Waals surface area contributed by atoms with Crippen LogP contribution in [0.3, 0.4) is 0 Å². The molecule has 0 unspecified atom stereocenters. The maximum atomic E-state index is 13.1. The SMILES string of the molecule is COc1ccc(Cn2ncc3cc(C(=O)N4CCc5ccccc54)cnc32)c(OC)c1. The number of hydrogen-bond donors (Lipinski definition) is 0. The molecule has 2 aromatic carbocycles. The first kappa shape index (κ1) is 19.1. The summed E-state index contributed by atoms with van der Waals surface area (Å²) in [5.41, 5.74) is 4.42. The number of benzene rings is 2. The molecule has 0 N–H and O–H groups in total. The van der Waals surface area contributed by atoms with Crippen molar-refractivity contribution >= 4 is 22.6 Å². The second kappa shape index (κ2) is 7.75. The largest absolute Gasteiger partial charge is 0.497 e. The minimum absolute atomic E-state index is 0.0380. The lowest BCUT2D eigenvalue weighted by Crippen LogP contribution is -2.28. The van der Waals surface area contributed by atoms with E-state index < -0.39 is 0 Å². The van der Waals surface area contributed by atoms with E-state index >= 15 is 0 Å². The van der Waals surface area contributed by atoms with Crippen molar-refractivity contribution in [3.8, 4) is 11.5 Å². The Kier molecular flexibility index (Phi) is 4.78. The molecule has 1 aliphatic rings. The molecule has 0 aliphatic carbocycles. The van der Waals surface area contributed by atoms with Gasteiger partial charge in [-0.2, -0.15) is 5.10 Å². The van der Waals surface area contributed by atoms with Gasteiger partial charge in [-0.05, 0) is 36.2 Å². The van der Waals surface area contributed by atoms with Crippen molar-refractivity contribution in [2.45, 2.75) is 13.0 Å². The molecule has 156 valence electrons. The van der Waals surface area contributed by atoms with Gasteiger partial charge in [0.25, 0.3) is 5.91 Å². The number of carbonyl (C=O) groups is 1. The summed E-state index contributed by atoms with van der Waals surface area (Å²) < 4.78 is 12.6. The Labute approximate surface area is 179 Å². The van der Waals surface area contributed by atoms with Crippen LogP contribution in [-0.2, 0) is 13.0 Å². The standard InChI is InChI=1S/C24H22N4O3/c1-30-20-8-7-17(22(12-20)31-2)15-28-23-18(14-26-28)11-19(13-25-23)24(29)27-10-9-16-5-3-4-6-21(16)27/h3-8,11-14H,9-10,15H2,1-2H3. The minimum atomic E-state index is -0.0380. The van der Waals surface area contributed by atoms with Crippen LogP contribution in [0.5, 0.6) is 11.5 Å². The van der Waals surface area contributed by atoms with Crippen LogP contribution in [0, 0.1) is 0 Å². The Bertz CT molecular complexity index is 1280. The molecule has 0 fully saturated rings. The summed E-state index contributed by atoms with van der Waals surface area (Å²) in [5, 5.41) is 5.31. The fraction of sp³-hybridized carbons (Fsp3) is 0.208. The number of para-hydroxylation sites is 1. The van der Waals surface area contributed by atoms with Crippen LogP contribution in [0.25, 0.3) is 11.0 Å². The topological polar surface area (TPSA) is 69.5 Å². The Morgan fingerprint density at radius 2 is 1.94 bits per heavy atom. The van der Waals surface area contributed by atoms with E-state index in [1.165, 1.54) is 5.56 Å². The fourth-order valence-electron chi connectivity index (χ4n) is 4.05. The number of carbonyl (C=O) groups excluding carboxylic acids is 1. The van der Waals surface area contributed by atoms with Crippen molar-refractivity contribution in [2.24, 2.45) is 0 Å². The Morgan fingerprint density at radius 1 is 1.06 bits per heavy atom. The molecule has 2 aromatic heterocycles. The van der Waals surface area contributed by atoms with Crippen molar-refractivity contribution in [1.29, 1.82) is 0 Å². The summed E-state index contributed by atoms with van der Waals surface area (Å²) in [6.45, 7) is 1.18. The third kappa shape index (κ3) is 3.38. The molecule has 5 rings (SSSR count). The van der Waals surface area contributed by atoms with Gasteiger partial charge in [0.2, 0.25) is 0 Å². The minimum Gasteiger partial charge on any atom is -0.497 e. The second-order valence-corrected chi connectivity index (χ2v) is 7.45. The molecule has 0 bridgehead atoms. The lowest BCUT2D eigenvalue weighted by Gasteiger charge is -2.17. The average Bonchev–Trinajstić information content (AvgIpc) is 3.43. The van der Waals surface area contributed by atoms with Gasteiger partial charge < -0.3 is 14.4 Å². The summed E-state index contributed by atoms with van der Waals surface area (Å²) in [4.78, 5) is 19.5. The molecule has 1 aliphatic heterocycles. The first-order chi connectivity index (χ1) is 15.2. The molecule has 7 heteroatoms. The highest BCUT2D eigenvalue weighted by molar-refractivity contribution is 6.08. The van der Waals surface area contributed by atoms with Crippen LogP contribution in [-0.4, -0.2) is 41.4 Å². The van der Waals surface area contributed by atoms with Crippen molar-refractivity contribution in [3.63, 3.8) is 0 Å². The van der Waals surface area contributed by atoms with Gasteiger partial charge >= 0.3 is 0 Å². The second-order valence-electron chi connectivity index (χ2n) is 7.45. The summed E-state index contributed by atoms with van der Waals surface area (Å²) >= 11 is 0. The Balaban J connectivity index is 1.43. The van der Waals surface area contributed by atoms with E-state index in [2.05, 4.69) is 16.1 Å². The summed E-state index contributed by atoms with van der Waals surface area (Å²) in [7, 11) is 3.26. The number of aromatic nitrogens is 3. The van der Waals surface area contributed by atoms with Gasteiger partial charge in [0.05, 0.1) is 32.5 Å². The molecule has 0 saturated heterocycles. The monoisotopic (exact) mass is 414 g/mol. The third-order valence-corrected chi connectivity index (χ3v) is 5.67. The average molecular weight is 414 g/mol. The first-order valence-electron chi connectivity index (χ1n) is 10.1. The number of ether oxygens (including phenoxy) is 2. The molecule has 0 saturated carbocycles. The lowest BCUT2D eigenvalue weighted by molar-refractivity contribution is 0.0989. The predicted octanol–water partition coefficient (Wildman–Crippen LogP) is 3.70. The molecule has 0 spiro atoms. The molecule has 0 radical (unpaired) electrons. The Morgan fingerprint density at radius 3 is 2.77 bits per heavy atom. The van der Waals surface area contributed by atoms with Crippen molar-refractivity contribution in [3.05, 3.63) is 77.6 Å². The molecular weight excluding hydrogens is 392 g/mol. The summed E-state index contributed by atoms with van der Waals surface area (Å²) in [6.07, 6.45) is 4.25. The van der Waals surface area contributed by atoms with Gasteiger partial charge in [-0.25, -0.2) is 9.67 Å². The van der Waals surface area contributed by atoms with Crippen LogP contribution in [0.15, 0.2) is 60.9 Å². The number of hydrogen-bond acceptors (Lipinski definition) is 5. The zero-order chi connectivity index (χ0) is 21.4. The predicted molar refractivity (Wildman–Crippen MR) is 118 cm³/mol. The van der Waals surface area contributed by atoms with E-state index in [9.17, 15) is 4.79 Å². The maximum Gasteiger partial charge on any atom is 0.259 e. The molecule has 1 amide bonds. The fourth-order valence-corrected chi connectivity index (χ4v) is 4.05. The van der Waals surface area contributed by atoms with Gasteiger partial charge in [0.1, 0.15) is 11.5 Å². The summed E-state index contributed by atoms with van der Waals surface area (Å²) in [5.74, 6) is 1.42. The molecule has 7 nitrogen and oxygen atoms in total. The molecule has 31 heavy (non-hydrogen) atoms. The lowest BCUT2D eigenvalue weighted by atomic mass is 10.1. The highest BCUT2D eigenvalue weighted by Gasteiger charge is 2.25.